The smallest absolute Gasteiger partial charge is 0.261 e. The van der Waals surface area contributed by atoms with Crippen LogP contribution in [0.1, 0.15) is 30.1 Å². The second-order valence-corrected chi connectivity index (χ2v) is 7.14. The van der Waals surface area contributed by atoms with Crippen LogP contribution in [-0.4, -0.2) is 31.8 Å². The lowest BCUT2D eigenvalue weighted by molar-refractivity contribution is 0.0742. The van der Waals surface area contributed by atoms with E-state index < -0.39 is 20.8 Å². The van der Waals surface area contributed by atoms with Gasteiger partial charge in [-0.1, -0.05) is 0 Å². The lowest BCUT2D eigenvalue weighted by Gasteiger charge is -2.21. The second-order valence-electron chi connectivity index (χ2n) is 4.57. The van der Waals surface area contributed by atoms with E-state index in [1.807, 2.05) is 6.92 Å². The minimum Gasteiger partial charge on any atom is -0.336 e. The highest BCUT2D eigenvalue weighted by molar-refractivity contribution is 8.13. The number of amides is 1. The van der Waals surface area contributed by atoms with Crippen LogP contribution in [0.5, 0.6) is 0 Å². The predicted molar refractivity (Wildman–Crippen MR) is 69.2 cm³/mol. The maximum atomic E-state index is 13.7. The van der Waals surface area contributed by atoms with Gasteiger partial charge in [-0.05, 0) is 38.0 Å². The molecule has 0 spiro atoms. The molecule has 1 atom stereocenters. The fourth-order valence-electron chi connectivity index (χ4n) is 2.21. The van der Waals surface area contributed by atoms with E-state index >= 15 is 0 Å². The van der Waals surface area contributed by atoms with Crippen molar-refractivity contribution >= 4 is 25.6 Å². The molecule has 1 aromatic rings. The van der Waals surface area contributed by atoms with E-state index in [1.54, 1.807) is 4.90 Å². The molecule has 19 heavy (non-hydrogen) atoms. The molecule has 0 N–H and O–H groups in total. The zero-order valence-corrected chi connectivity index (χ0v) is 11.8. The van der Waals surface area contributed by atoms with Crippen LogP contribution in [0.4, 0.5) is 4.39 Å². The van der Waals surface area contributed by atoms with E-state index in [4.69, 9.17) is 10.7 Å². The van der Waals surface area contributed by atoms with Crippen LogP contribution < -0.4 is 0 Å². The molecule has 1 aliphatic rings. The molecule has 0 radical (unpaired) electrons. The van der Waals surface area contributed by atoms with Gasteiger partial charge in [-0.3, -0.25) is 4.79 Å². The van der Waals surface area contributed by atoms with E-state index in [0.29, 0.717) is 6.54 Å². The first-order chi connectivity index (χ1) is 8.80. The van der Waals surface area contributed by atoms with Gasteiger partial charge in [-0.15, -0.1) is 0 Å². The maximum Gasteiger partial charge on any atom is 0.261 e. The Kier molecular flexibility index (Phi) is 3.82. The number of carbonyl (C=O) groups excluding carboxylic acids is 1. The van der Waals surface area contributed by atoms with E-state index in [9.17, 15) is 17.6 Å². The van der Waals surface area contributed by atoms with Gasteiger partial charge in [0.2, 0.25) is 0 Å². The molecule has 0 saturated carbocycles. The van der Waals surface area contributed by atoms with Crippen molar-refractivity contribution in [3.05, 3.63) is 29.6 Å². The number of likely N-dealkylation sites (tertiary alicyclic amines) is 1. The van der Waals surface area contributed by atoms with E-state index in [1.165, 1.54) is 0 Å². The van der Waals surface area contributed by atoms with Crippen molar-refractivity contribution in [2.24, 2.45) is 0 Å². The van der Waals surface area contributed by atoms with E-state index in [-0.39, 0.29) is 16.5 Å². The molecular weight excluding hydrogens is 293 g/mol. The Bertz CT molecular complexity index is 617. The van der Waals surface area contributed by atoms with Crippen LogP contribution in [-0.2, 0) is 9.05 Å². The molecule has 0 aliphatic carbocycles. The summed E-state index contributed by atoms with van der Waals surface area (Å²) < 4.78 is 36.1. The molecule has 104 valence electrons. The van der Waals surface area contributed by atoms with Crippen LogP contribution in [0.2, 0.25) is 0 Å². The molecule has 1 aliphatic heterocycles. The molecular formula is C12H13ClFNO3S. The first-order valence-electron chi connectivity index (χ1n) is 5.86. The third-order valence-electron chi connectivity index (χ3n) is 3.26. The van der Waals surface area contributed by atoms with Gasteiger partial charge in [0, 0.05) is 23.3 Å². The minimum absolute atomic E-state index is 0.0307. The summed E-state index contributed by atoms with van der Waals surface area (Å²) in [4.78, 5) is 13.5. The number of benzene rings is 1. The summed E-state index contributed by atoms with van der Waals surface area (Å²) in [7, 11) is 1.22. The zero-order chi connectivity index (χ0) is 14.2. The largest absolute Gasteiger partial charge is 0.336 e. The number of hydrogen-bond donors (Lipinski definition) is 0. The van der Waals surface area contributed by atoms with Crippen molar-refractivity contribution in [3.8, 4) is 0 Å². The van der Waals surface area contributed by atoms with Gasteiger partial charge in [0.25, 0.3) is 15.0 Å². The average molecular weight is 306 g/mol. The summed E-state index contributed by atoms with van der Waals surface area (Å²) >= 11 is 0. The highest BCUT2D eigenvalue weighted by atomic mass is 35.7. The van der Waals surface area contributed by atoms with Crippen LogP contribution in [0.25, 0.3) is 0 Å². The van der Waals surface area contributed by atoms with Gasteiger partial charge in [0.1, 0.15) is 5.82 Å². The summed E-state index contributed by atoms with van der Waals surface area (Å²) in [6, 6.07) is 3.01. The molecule has 1 fully saturated rings. The summed E-state index contributed by atoms with van der Waals surface area (Å²) in [6.45, 7) is 2.43. The Morgan fingerprint density at radius 2 is 2.16 bits per heavy atom. The standard InChI is InChI=1S/C12H13ClFNO3S/c1-8-3-2-6-15(8)12(16)10-7-9(19(13,17)18)4-5-11(10)14/h4-5,7-8H,2-3,6H2,1H3. The Balaban J connectivity index is 2.41. The number of rotatable bonds is 2. The van der Waals surface area contributed by atoms with Crippen molar-refractivity contribution in [3.63, 3.8) is 0 Å². The van der Waals surface area contributed by atoms with Crippen LogP contribution in [0, 0.1) is 5.82 Å². The van der Waals surface area contributed by atoms with Crippen molar-refractivity contribution in [2.45, 2.75) is 30.7 Å². The molecule has 1 heterocycles. The van der Waals surface area contributed by atoms with Crippen molar-refractivity contribution in [1.82, 2.24) is 4.90 Å². The first kappa shape index (κ1) is 14.3. The quantitative estimate of drug-likeness (QED) is 0.788. The predicted octanol–water partition coefficient (Wildman–Crippen LogP) is 2.38. The van der Waals surface area contributed by atoms with Gasteiger partial charge in [0.15, 0.2) is 0 Å². The summed E-state index contributed by atoms with van der Waals surface area (Å²) in [5.74, 6) is -1.24. The van der Waals surface area contributed by atoms with Gasteiger partial charge in [-0.25, -0.2) is 12.8 Å². The summed E-state index contributed by atoms with van der Waals surface area (Å²) in [5.41, 5.74) is -0.254. The summed E-state index contributed by atoms with van der Waals surface area (Å²) in [6.07, 6.45) is 1.73. The second kappa shape index (κ2) is 5.09. The normalized spacial score (nSPS) is 19.7. The highest BCUT2D eigenvalue weighted by Gasteiger charge is 2.28. The number of halogens is 2. The van der Waals surface area contributed by atoms with Crippen molar-refractivity contribution in [2.75, 3.05) is 6.54 Å². The fourth-order valence-corrected chi connectivity index (χ4v) is 2.99. The molecule has 0 bridgehead atoms. The SMILES string of the molecule is CC1CCCN1C(=O)c1cc(S(=O)(=O)Cl)ccc1F. The molecule has 0 aromatic heterocycles. The lowest BCUT2D eigenvalue weighted by atomic mass is 10.1. The Labute approximate surface area is 115 Å². The molecule has 1 unspecified atom stereocenters. The van der Waals surface area contributed by atoms with Gasteiger partial charge >= 0.3 is 0 Å². The van der Waals surface area contributed by atoms with Crippen LogP contribution in [0.3, 0.4) is 0 Å². The van der Waals surface area contributed by atoms with Crippen molar-refractivity contribution < 1.29 is 17.6 Å². The number of carbonyl (C=O) groups is 1. The van der Waals surface area contributed by atoms with E-state index in [2.05, 4.69) is 0 Å². The van der Waals surface area contributed by atoms with Crippen LogP contribution >= 0.6 is 10.7 Å². The fraction of sp³-hybridized carbons (Fsp3) is 0.417. The zero-order valence-electron chi connectivity index (χ0n) is 10.3. The van der Waals surface area contributed by atoms with Gasteiger partial charge in [-0.2, -0.15) is 0 Å². The lowest BCUT2D eigenvalue weighted by Crippen LogP contribution is -2.34. The maximum absolute atomic E-state index is 13.7. The van der Waals surface area contributed by atoms with Crippen LogP contribution in [0.15, 0.2) is 23.1 Å². The van der Waals surface area contributed by atoms with E-state index in [0.717, 1.165) is 31.0 Å². The molecule has 1 aromatic carbocycles. The summed E-state index contributed by atoms with van der Waals surface area (Å²) in [5, 5.41) is 0. The minimum atomic E-state index is -3.98. The monoisotopic (exact) mass is 305 g/mol. The number of nitrogens with zero attached hydrogens (tertiary/aromatic N) is 1. The number of hydrogen-bond acceptors (Lipinski definition) is 3. The molecule has 4 nitrogen and oxygen atoms in total. The Hall–Kier alpha value is -1.14. The third kappa shape index (κ3) is 2.90. The molecule has 1 amide bonds. The third-order valence-corrected chi connectivity index (χ3v) is 4.62. The topological polar surface area (TPSA) is 54.5 Å². The van der Waals surface area contributed by atoms with Gasteiger partial charge in [0.05, 0.1) is 10.5 Å². The Morgan fingerprint density at radius 1 is 1.47 bits per heavy atom. The molecule has 2 rings (SSSR count). The first-order valence-corrected chi connectivity index (χ1v) is 8.17. The highest BCUT2D eigenvalue weighted by Crippen LogP contribution is 2.23. The Morgan fingerprint density at radius 3 is 2.68 bits per heavy atom. The van der Waals surface area contributed by atoms with Crippen molar-refractivity contribution in [1.29, 1.82) is 0 Å². The molecule has 1 saturated heterocycles. The molecule has 7 heteroatoms. The van der Waals surface area contributed by atoms with Gasteiger partial charge < -0.3 is 4.90 Å². The average Bonchev–Trinajstić information content (AvgIpc) is 2.73.